The minimum atomic E-state index is -0.292. The van der Waals surface area contributed by atoms with Gasteiger partial charge in [0.25, 0.3) is 5.56 Å². The average molecular weight is 258 g/mol. The minimum absolute atomic E-state index is 0.215. The molecule has 0 atom stereocenters. The molecule has 2 aromatic heterocycles. The number of halogens is 1. The molecule has 0 spiro atoms. The van der Waals surface area contributed by atoms with Crippen LogP contribution in [0.25, 0.3) is 5.65 Å². The van der Waals surface area contributed by atoms with Gasteiger partial charge in [-0.25, -0.2) is 4.39 Å². The van der Waals surface area contributed by atoms with E-state index in [1.165, 1.54) is 16.7 Å². The monoisotopic (exact) mass is 258 g/mol. The lowest BCUT2D eigenvalue weighted by Gasteiger charge is -2.06. The zero-order valence-corrected chi connectivity index (χ0v) is 10.2. The normalized spacial score (nSPS) is 11.1. The van der Waals surface area contributed by atoms with Gasteiger partial charge >= 0.3 is 0 Å². The Kier molecular flexibility index (Phi) is 2.63. The molecule has 0 aliphatic heterocycles. The summed E-state index contributed by atoms with van der Waals surface area (Å²) in [5, 5.41) is 7.72. The van der Waals surface area contributed by atoms with Gasteiger partial charge < -0.3 is 4.57 Å². The molecular formula is C13H11FN4O. The molecule has 19 heavy (non-hydrogen) atoms. The zero-order chi connectivity index (χ0) is 13.4. The third-order valence-electron chi connectivity index (χ3n) is 2.98. The molecule has 0 bridgehead atoms. The SMILES string of the molecule is Cc1nnc2c(=O)n(Cc3ccc(F)cc3)ccn12. The van der Waals surface area contributed by atoms with Crippen LogP contribution in [0.4, 0.5) is 4.39 Å². The number of rotatable bonds is 2. The highest BCUT2D eigenvalue weighted by molar-refractivity contribution is 5.34. The second-order valence-corrected chi connectivity index (χ2v) is 4.30. The van der Waals surface area contributed by atoms with Crippen LogP contribution in [0.3, 0.4) is 0 Å². The average Bonchev–Trinajstić information content (AvgIpc) is 2.78. The summed E-state index contributed by atoms with van der Waals surface area (Å²) in [7, 11) is 0. The third kappa shape index (κ3) is 2.01. The summed E-state index contributed by atoms with van der Waals surface area (Å²) in [6.45, 7) is 2.16. The van der Waals surface area contributed by atoms with Crippen LogP contribution in [-0.2, 0) is 6.54 Å². The van der Waals surface area contributed by atoms with Crippen LogP contribution in [0.1, 0.15) is 11.4 Å². The Labute approximate surface area is 108 Å². The molecule has 0 aliphatic rings. The first-order chi connectivity index (χ1) is 9.15. The number of fused-ring (bicyclic) bond motifs is 1. The van der Waals surface area contributed by atoms with E-state index in [-0.39, 0.29) is 11.4 Å². The molecule has 0 aliphatic carbocycles. The van der Waals surface area contributed by atoms with E-state index in [2.05, 4.69) is 10.2 Å². The second-order valence-electron chi connectivity index (χ2n) is 4.30. The number of aryl methyl sites for hydroxylation is 1. The van der Waals surface area contributed by atoms with Crippen molar-refractivity contribution in [1.82, 2.24) is 19.2 Å². The number of hydrogen-bond donors (Lipinski definition) is 0. The van der Waals surface area contributed by atoms with Crippen molar-refractivity contribution in [2.45, 2.75) is 13.5 Å². The molecule has 96 valence electrons. The van der Waals surface area contributed by atoms with Gasteiger partial charge in [-0.1, -0.05) is 12.1 Å². The summed E-state index contributed by atoms with van der Waals surface area (Å²) in [6.07, 6.45) is 3.42. The maximum atomic E-state index is 12.8. The van der Waals surface area contributed by atoms with E-state index in [1.54, 1.807) is 35.9 Å². The largest absolute Gasteiger partial charge is 0.306 e. The molecule has 1 aromatic carbocycles. The topological polar surface area (TPSA) is 52.2 Å². The molecule has 5 nitrogen and oxygen atoms in total. The Bertz CT molecular complexity index is 789. The first kappa shape index (κ1) is 11.6. The highest BCUT2D eigenvalue weighted by atomic mass is 19.1. The Morgan fingerprint density at radius 1 is 1.16 bits per heavy atom. The first-order valence-electron chi connectivity index (χ1n) is 5.80. The summed E-state index contributed by atoms with van der Waals surface area (Å²) >= 11 is 0. The van der Waals surface area contributed by atoms with Crippen LogP contribution >= 0.6 is 0 Å². The summed E-state index contributed by atoms with van der Waals surface area (Å²) in [6, 6.07) is 6.06. The molecule has 3 aromatic rings. The Morgan fingerprint density at radius 3 is 2.63 bits per heavy atom. The second kappa shape index (κ2) is 4.31. The molecule has 0 unspecified atom stereocenters. The molecule has 2 heterocycles. The van der Waals surface area contributed by atoms with Crippen molar-refractivity contribution in [3.63, 3.8) is 0 Å². The lowest BCUT2D eigenvalue weighted by molar-refractivity contribution is 0.626. The van der Waals surface area contributed by atoms with Gasteiger partial charge in [-0.05, 0) is 24.6 Å². The Morgan fingerprint density at radius 2 is 1.89 bits per heavy atom. The number of benzene rings is 1. The van der Waals surface area contributed by atoms with E-state index >= 15 is 0 Å². The van der Waals surface area contributed by atoms with Crippen LogP contribution in [0.15, 0.2) is 41.5 Å². The fourth-order valence-electron chi connectivity index (χ4n) is 1.95. The number of nitrogens with zero attached hydrogens (tertiary/aromatic N) is 4. The maximum Gasteiger partial charge on any atom is 0.296 e. The molecular weight excluding hydrogens is 247 g/mol. The first-order valence-corrected chi connectivity index (χ1v) is 5.80. The highest BCUT2D eigenvalue weighted by Gasteiger charge is 2.07. The van der Waals surface area contributed by atoms with Crippen molar-refractivity contribution in [3.05, 3.63) is 64.2 Å². The quantitative estimate of drug-likeness (QED) is 0.698. The minimum Gasteiger partial charge on any atom is -0.306 e. The van der Waals surface area contributed by atoms with Crippen molar-refractivity contribution in [1.29, 1.82) is 0 Å². The van der Waals surface area contributed by atoms with Crippen LogP contribution in [0.5, 0.6) is 0 Å². The van der Waals surface area contributed by atoms with Crippen LogP contribution in [0.2, 0.25) is 0 Å². The predicted molar refractivity (Wildman–Crippen MR) is 67.5 cm³/mol. The molecule has 3 rings (SSSR count). The zero-order valence-electron chi connectivity index (χ0n) is 10.2. The van der Waals surface area contributed by atoms with Crippen molar-refractivity contribution < 1.29 is 4.39 Å². The van der Waals surface area contributed by atoms with Crippen LogP contribution in [-0.4, -0.2) is 19.2 Å². The molecule has 0 saturated carbocycles. The fraction of sp³-hybridized carbons (Fsp3) is 0.154. The van der Waals surface area contributed by atoms with E-state index in [4.69, 9.17) is 0 Å². The van der Waals surface area contributed by atoms with Crippen LogP contribution < -0.4 is 5.56 Å². The van der Waals surface area contributed by atoms with Crippen molar-refractivity contribution in [2.75, 3.05) is 0 Å². The van der Waals surface area contributed by atoms with E-state index in [0.717, 1.165) is 5.56 Å². The van der Waals surface area contributed by atoms with E-state index < -0.39 is 0 Å². The number of aromatic nitrogens is 4. The molecule has 0 saturated heterocycles. The van der Waals surface area contributed by atoms with Gasteiger partial charge in [-0.2, -0.15) is 0 Å². The van der Waals surface area contributed by atoms with Gasteiger partial charge in [0.2, 0.25) is 5.65 Å². The van der Waals surface area contributed by atoms with Crippen LogP contribution in [0, 0.1) is 12.7 Å². The van der Waals surface area contributed by atoms with E-state index in [9.17, 15) is 9.18 Å². The molecule has 0 N–H and O–H groups in total. The maximum absolute atomic E-state index is 12.8. The molecule has 0 radical (unpaired) electrons. The Hall–Kier alpha value is -2.50. The van der Waals surface area contributed by atoms with Gasteiger partial charge in [-0.3, -0.25) is 9.20 Å². The van der Waals surface area contributed by atoms with Crippen molar-refractivity contribution in [2.24, 2.45) is 0 Å². The summed E-state index contributed by atoms with van der Waals surface area (Å²) in [4.78, 5) is 12.2. The lowest BCUT2D eigenvalue weighted by Crippen LogP contribution is -2.22. The summed E-state index contributed by atoms with van der Waals surface area (Å²) < 4.78 is 16.0. The van der Waals surface area contributed by atoms with Gasteiger partial charge in [0.15, 0.2) is 0 Å². The van der Waals surface area contributed by atoms with Crippen molar-refractivity contribution >= 4 is 5.65 Å². The predicted octanol–water partition coefficient (Wildman–Crippen LogP) is 1.39. The van der Waals surface area contributed by atoms with Gasteiger partial charge in [0.1, 0.15) is 11.6 Å². The smallest absolute Gasteiger partial charge is 0.296 e. The van der Waals surface area contributed by atoms with Gasteiger partial charge in [0, 0.05) is 12.4 Å². The van der Waals surface area contributed by atoms with Crippen molar-refractivity contribution in [3.8, 4) is 0 Å². The van der Waals surface area contributed by atoms with Gasteiger partial charge in [-0.15, -0.1) is 10.2 Å². The number of hydrogen-bond acceptors (Lipinski definition) is 3. The highest BCUT2D eigenvalue weighted by Crippen LogP contribution is 2.05. The molecule has 6 heteroatoms. The summed E-state index contributed by atoms with van der Waals surface area (Å²) in [5.74, 6) is 0.376. The lowest BCUT2D eigenvalue weighted by atomic mass is 10.2. The van der Waals surface area contributed by atoms with Gasteiger partial charge in [0.05, 0.1) is 6.54 Å². The fourth-order valence-corrected chi connectivity index (χ4v) is 1.95. The Balaban J connectivity index is 2.04. The van der Waals surface area contributed by atoms with E-state index in [0.29, 0.717) is 18.0 Å². The van der Waals surface area contributed by atoms with E-state index in [1.807, 2.05) is 0 Å². The molecule has 0 amide bonds. The third-order valence-corrected chi connectivity index (χ3v) is 2.98. The summed E-state index contributed by atoms with van der Waals surface area (Å²) in [5.41, 5.74) is 0.929. The molecule has 0 fully saturated rings. The standard InChI is InChI=1S/C13H11FN4O/c1-9-15-16-12-13(19)17(6-7-18(9)12)8-10-2-4-11(14)5-3-10/h2-7H,8H2,1H3.